The zero-order valence-electron chi connectivity index (χ0n) is 11.8. The lowest BCUT2D eigenvalue weighted by atomic mass is 10.0. The predicted octanol–water partition coefficient (Wildman–Crippen LogP) is 1.21. The average Bonchev–Trinajstić information content (AvgIpc) is 2.63. The van der Waals surface area contributed by atoms with Crippen LogP contribution in [0.25, 0.3) is 0 Å². The molecular formula is C13H16N2O5S. The van der Waals surface area contributed by atoms with Crippen LogP contribution in [0.5, 0.6) is 0 Å². The summed E-state index contributed by atoms with van der Waals surface area (Å²) in [6.07, 6.45) is 0.342. The second-order valence-corrected chi connectivity index (χ2v) is 7.80. The minimum atomic E-state index is -3.13. The fraction of sp³-hybridized carbons (Fsp3) is 0.462. The molecule has 8 heteroatoms. The molecule has 1 aromatic carbocycles. The topological polar surface area (TPSA) is 106 Å². The van der Waals surface area contributed by atoms with Gasteiger partial charge in [0, 0.05) is 17.2 Å². The van der Waals surface area contributed by atoms with Gasteiger partial charge in [-0.25, -0.2) is 8.42 Å². The number of rotatable bonds is 3. The third-order valence-electron chi connectivity index (χ3n) is 3.59. The van der Waals surface area contributed by atoms with Gasteiger partial charge in [0.05, 0.1) is 22.0 Å². The number of aryl methyl sites for hydroxylation is 1. The number of sulfone groups is 1. The Morgan fingerprint density at radius 1 is 1.43 bits per heavy atom. The van der Waals surface area contributed by atoms with Crippen molar-refractivity contribution in [1.29, 1.82) is 0 Å². The number of nitro benzene ring substituents is 1. The third kappa shape index (κ3) is 3.38. The first-order chi connectivity index (χ1) is 9.62. The maximum atomic E-state index is 12.2. The third-order valence-corrected chi connectivity index (χ3v) is 5.49. The van der Waals surface area contributed by atoms with E-state index in [1.165, 1.54) is 18.2 Å². The molecule has 0 spiro atoms. The Hall–Kier alpha value is -1.96. The van der Waals surface area contributed by atoms with Crippen LogP contribution in [0, 0.1) is 17.0 Å². The van der Waals surface area contributed by atoms with Crippen LogP contribution < -0.4 is 5.32 Å². The molecule has 7 nitrogen and oxygen atoms in total. The van der Waals surface area contributed by atoms with Crippen LogP contribution in [0.1, 0.15) is 29.3 Å². The van der Waals surface area contributed by atoms with Crippen molar-refractivity contribution in [3.8, 4) is 0 Å². The maximum Gasteiger partial charge on any atom is 0.273 e. The maximum absolute atomic E-state index is 12.2. The lowest BCUT2D eigenvalue weighted by Crippen LogP contribution is -2.46. The fourth-order valence-electron chi connectivity index (χ4n) is 2.40. The molecule has 0 saturated carbocycles. The van der Waals surface area contributed by atoms with E-state index in [1.54, 1.807) is 13.8 Å². The molecule has 1 aromatic rings. The van der Waals surface area contributed by atoms with Gasteiger partial charge in [0.1, 0.15) is 0 Å². The first kappa shape index (κ1) is 15.4. The summed E-state index contributed by atoms with van der Waals surface area (Å²) in [5.41, 5.74) is -0.342. The first-order valence-electron chi connectivity index (χ1n) is 6.40. The molecule has 2 rings (SSSR count). The zero-order chi connectivity index (χ0) is 15.8. The molecule has 1 fully saturated rings. The van der Waals surface area contributed by atoms with E-state index in [0.29, 0.717) is 12.0 Å². The molecule has 21 heavy (non-hydrogen) atoms. The van der Waals surface area contributed by atoms with Crippen LogP contribution >= 0.6 is 0 Å². The Morgan fingerprint density at radius 2 is 2.10 bits per heavy atom. The van der Waals surface area contributed by atoms with E-state index < -0.39 is 26.2 Å². The molecule has 1 unspecified atom stereocenters. The SMILES string of the molecule is Cc1ccc(C(=O)NC2(C)CCS(=O)(=O)C2)cc1[N+](=O)[O-]. The number of amides is 1. The van der Waals surface area contributed by atoms with Crippen LogP contribution in [0.15, 0.2) is 18.2 Å². The van der Waals surface area contributed by atoms with E-state index in [-0.39, 0.29) is 22.8 Å². The van der Waals surface area contributed by atoms with Crippen molar-refractivity contribution in [3.05, 3.63) is 39.4 Å². The van der Waals surface area contributed by atoms with Gasteiger partial charge in [-0.3, -0.25) is 14.9 Å². The highest BCUT2D eigenvalue weighted by Gasteiger charge is 2.39. The Bertz CT molecular complexity index is 713. The monoisotopic (exact) mass is 312 g/mol. The lowest BCUT2D eigenvalue weighted by molar-refractivity contribution is -0.385. The summed E-state index contributed by atoms with van der Waals surface area (Å²) in [7, 11) is -3.13. The molecule has 1 aliphatic rings. The second kappa shape index (κ2) is 5.10. The van der Waals surface area contributed by atoms with Crippen LogP contribution in [0.3, 0.4) is 0 Å². The van der Waals surface area contributed by atoms with E-state index in [2.05, 4.69) is 5.32 Å². The summed E-state index contributed by atoms with van der Waals surface area (Å²) in [6, 6.07) is 4.20. The molecule has 1 atom stereocenters. The largest absolute Gasteiger partial charge is 0.346 e. The molecule has 0 bridgehead atoms. The minimum Gasteiger partial charge on any atom is -0.346 e. The summed E-state index contributed by atoms with van der Waals surface area (Å²) in [6.45, 7) is 3.25. The van der Waals surface area contributed by atoms with Crippen LogP contribution in [-0.4, -0.2) is 36.3 Å². The number of carbonyl (C=O) groups excluding carboxylic acids is 1. The normalized spacial score (nSPS) is 23.7. The summed E-state index contributed by atoms with van der Waals surface area (Å²) in [4.78, 5) is 22.5. The molecule has 1 N–H and O–H groups in total. The average molecular weight is 312 g/mol. The van der Waals surface area contributed by atoms with Gasteiger partial charge in [0.2, 0.25) is 0 Å². The number of hydrogen-bond donors (Lipinski definition) is 1. The smallest absolute Gasteiger partial charge is 0.273 e. The van der Waals surface area contributed by atoms with Crippen molar-refractivity contribution in [1.82, 2.24) is 5.32 Å². The standard InChI is InChI=1S/C13H16N2O5S/c1-9-3-4-10(7-11(9)15(17)18)12(16)14-13(2)5-6-21(19,20)8-13/h3-4,7H,5-6,8H2,1-2H3,(H,14,16). The number of nitrogens with one attached hydrogen (secondary N) is 1. The van der Waals surface area contributed by atoms with Crippen molar-refractivity contribution in [3.63, 3.8) is 0 Å². The summed E-state index contributed by atoms with van der Waals surface area (Å²) in [5, 5.41) is 13.6. The van der Waals surface area contributed by atoms with E-state index in [4.69, 9.17) is 0 Å². The molecule has 1 heterocycles. The number of nitro groups is 1. The molecule has 1 amide bonds. The number of nitrogens with zero attached hydrogens (tertiary/aromatic N) is 1. The van der Waals surface area contributed by atoms with Crippen molar-refractivity contribution < 1.29 is 18.1 Å². The minimum absolute atomic E-state index is 0.0395. The predicted molar refractivity (Wildman–Crippen MR) is 77.0 cm³/mol. The molecule has 0 aromatic heterocycles. The quantitative estimate of drug-likeness (QED) is 0.667. The highest BCUT2D eigenvalue weighted by atomic mass is 32.2. The Labute approximate surface area is 122 Å². The molecule has 114 valence electrons. The number of hydrogen-bond acceptors (Lipinski definition) is 5. The highest BCUT2D eigenvalue weighted by Crippen LogP contribution is 2.24. The van der Waals surface area contributed by atoms with Gasteiger partial charge in [-0.05, 0) is 26.3 Å². The number of carbonyl (C=O) groups is 1. The van der Waals surface area contributed by atoms with E-state index in [0.717, 1.165) is 0 Å². The summed E-state index contributed by atoms with van der Waals surface area (Å²) >= 11 is 0. The van der Waals surface area contributed by atoms with E-state index in [9.17, 15) is 23.3 Å². The van der Waals surface area contributed by atoms with Gasteiger partial charge in [0.25, 0.3) is 11.6 Å². The van der Waals surface area contributed by atoms with Crippen molar-refractivity contribution in [2.75, 3.05) is 11.5 Å². The Morgan fingerprint density at radius 3 is 2.62 bits per heavy atom. The fourth-order valence-corrected chi connectivity index (χ4v) is 4.50. The summed E-state index contributed by atoms with van der Waals surface area (Å²) < 4.78 is 23.0. The van der Waals surface area contributed by atoms with E-state index in [1.807, 2.05) is 0 Å². The van der Waals surface area contributed by atoms with Gasteiger partial charge >= 0.3 is 0 Å². The van der Waals surface area contributed by atoms with Gasteiger partial charge < -0.3 is 5.32 Å². The molecule has 0 radical (unpaired) electrons. The van der Waals surface area contributed by atoms with Gasteiger partial charge in [-0.2, -0.15) is 0 Å². The first-order valence-corrected chi connectivity index (χ1v) is 8.22. The van der Waals surface area contributed by atoms with Gasteiger partial charge in [0.15, 0.2) is 9.84 Å². The van der Waals surface area contributed by atoms with E-state index >= 15 is 0 Å². The molecule has 1 aliphatic heterocycles. The summed E-state index contributed by atoms with van der Waals surface area (Å²) in [5.74, 6) is -0.574. The van der Waals surface area contributed by atoms with Gasteiger partial charge in [-0.1, -0.05) is 6.07 Å². The zero-order valence-corrected chi connectivity index (χ0v) is 12.6. The number of benzene rings is 1. The van der Waals surface area contributed by atoms with Gasteiger partial charge in [-0.15, -0.1) is 0 Å². The van der Waals surface area contributed by atoms with Crippen molar-refractivity contribution in [2.45, 2.75) is 25.8 Å². The van der Waals surface area contributed by atoms with Crippen LogP contribution in [-0.2, 0) is 9.84 Å². The van der Waals surface area contributed by atoms with Crippen molar-refractivity contribution in [2.24, 2.45) is 0 Å². The molecule has 1 saturated heterocycles. The Kier molecular flexibility index (Phi) is 3.75. The van der Waals surface area contributed by atoms with Crippen LogP contribution in [0.2, 0.25) is 0 Å². The highest BCUT2D eigenvalue weighted by molar-refractivity contribution is 7.91. The lowest BCUT2D eigenvalue weighted by Gasteiger charge is -2.23. The second-order valence-electron chi connectivity index (χ2n) is 5.62. The van der Waals surface area contributed by atoms with Crippen LogP contribution in [0.4, 0.5) is 5.69 Å². The molecular weight excluding hydrogens is 296 g/mol. The van der Waals surface area contributed by atoms with Crippen molar-refractivity contribution >= 4 is 21.4 Å². The Balaban J connectivity index is 2.22. The molecule has 0 aliphatic carbocycles.